The normalized spacial score (nSPS) is 23.1. The molecule has 0 bridgehead atoms. The summed E-state index contributed by atoms with van der Waals surface area (Å²) in [6.07, 6.45) is 3.45. The lowest BCUT2D eigenvalue weighted by atomic mass is 10.00. The Morgan fingerprint density at radius 2 is 2.39 bits per heavy atom. The number of nitrogens with zero attached hydrogens (tertiary/aromatic N) is 2. The molecular formula is C13H21N3O2. The molecule has 0 fully saturated rings. The first-order valence-corrected chi connectivity index (χ1v) is 6.51. The summed E-state index contributed by atoms with van der Waals surface area (Å²) in [6, 6.07) is -0.489. The first kappa shape index (κ1) is 13.1. The van der Waals surface area contributed by atoms with Gasteiger partial charge in [0.05, 0.1) is 12.0 Å². The van der Waals surface area contributed by atoms with Crippen LogP contribution < -0.4 is 5.32 Å². The van der Waals surface area contributed by atoms with Crippen LogP contribution in [0, 0.1) is 5.92 Å². The molecule has 1 aromatic rings. The maximum absolute atomic E-state index is 11.1. The number of rotatable bonds is 4. The van der Waals surface area contributed by atoms with E-state index in [-0.39, 0.29) is 6.04 Å². The van der Waals surface area contributed by atoms with Crippen molar-refractivity contribution < 1.29 is 9.90 Å². The predicted molar refractivity (Wildman–Crippen MR) is 68.4 cm³/mol. The highest BCUT2D eigenvalue weighted by Gasteiger charge is 2.31. The van der Waals surface area contributed by atoms with Gasteiger partial charge in [-0.3, -0.25) is 10.1 Å². The van der Waals surface area contributed by atoms with Crippen LogP contribution in [-0.2, 0) is 17.8 Å². The molecule has 5 nitrogen and oxygen atoms in total. The molecule has 5 heteroatoms. The number of aliphatic carboxylic acids is 1. The van der Waals surface area contributed by atoms with Crippen molar-refractivity contribution in [3.05, 3.63) is 17.7 Å². The molecule has 1 aliphatic heterocycles. The van der Waals surface area contributed by atoms with Gasteiger partial charge in [0.2, 0.25) is 0 Å². The van der Waals surface area contributed by atoms with Gasteiger partial charge in [-0.05, 0) is 19.3 Å². The van der Waals surface area contributed by atoms with Crippen LogP contribution in [0.4, 0.5) is 0 Å². The van der Waals surface area contributed by atoms with Crippen LogP contribution in [0.2, 0.25) is 0 Å². The minimum atomic E-state index is -0.788. The fraction of sp³-hybridized carbons (Fsp3) is 0.692. The molecule has 2 N–H and O–H groups in total. The highest BCUT2D eigenvalue weighted by atomic mass is 16.4. The van der Waals surface area contributed by atoms with E-state index < -0.39 is 12.0 Å². The second kappa shape index (κ2) is 5.10. The monoisotopic (exact) mass is 251 g/mol. The minimum absolute atomic E-state index is 0.00940. The predicted octanol–water partition coefficient (Wildman–Crippen LogP) is 1.59. The smallest absolute Gasteiger partial charge is 0.321 e. The van der Waals surface area contributed by atoms with Gasteiger partial charge in [0.15, 0.2) is 0 Å². The lowest BCUT2D eigenvalue weighted by molar-refractivity contribution is -0.139. The highest BCUT2D eigenvalue weighted by Crippen LogP contribution is 2.24. The Balaban J connectivity index is 2.19. The van der Waals surface area contributed by atoms with Crippen LogP contribution >= 0.6 is 0 Å². The molecule has 0 aromatic carbocycles. The fourth-order valence-electron chi connectivity index (χ4n) is 2.39. The molecule has 0 radical (unpaired) electrons. The van der Waals surface area contributed by atoms with Crippen molar-refractivity contribution in [2.45, 2.75) is 52.2 Å². The summed E-state index contributed by atoms with van der Waals surface area (Å²) in [5.74, 6) is -0.151. The molecule has 0 saturated carbocycles. The first-order valence-electron chi connectivity index (χ1n) is 6.51. The lowest BCUT2D eigenvalue weighted by Crippen LogP contribution is -2.44. The van der Waals surface area contributed by atoms with Gasteiger partial charge in [0, 0.05) is 24.7 Å². The van der Waals surface area contributed by atoms with E-state index in [1.807, 2.05) is 13.3 Å². The lowest BCUT2D eigenvalue weighted by Gasteiger charge is -2.26. The third-order valence-electron chi connectivity index (χ3n) is 3.48. The quantitative estimate of drug-likeness (QED) is 0.852. The number of carbonyl (C=O) groups is 1. The number of aryl methyl sites for hydroxylation is 1. The molecule has 100 valence electrons. The Morgan fingerprint density at radius 1 is 1.67 bits per heavy atom. The SMILES string of the molecule is CC(C)CCn1cnc2c1CC(C(=O)O)NC2C. The zero-order valence-electron chi connectivity index (χ0n) is 11.2. The van der Waals surface area contributed by atoms with Gasteiger partial charge in [-0.15, -0.1) is 0 Å². The summed E-state index contributed by atoms with van der Waals surface area (Å²) in [7, 11) is 0. The van der Waals surface area contributed by atoms with Gasteiger partial charge in [-0.1, -0.05) is 13.8 Å². The third kappa shape index (κ3) is 2.56. The number of imidazole rings is 1. The van der Waals surface area contributed by atoms with E-state index in [2.05, 4.69) is 28.7 Å². The van der Waals surface area contributed by atoms with E-state index in [1.54, 1.807) is 0 Å². The van der Waals surface area contributed by atoms with Gasteiger partial charge in [-0.25, -0.2) is 4.98 Å². The summed E-state index contributed by atoms with van der Waals surface area (Å²) in [6.45, 7) is 7.26. The van der Waals surface area contributed by atoms with Crippen LogP contribution in [0.25, 0.3) is 0 Å². The minimum Gasteiger partial charge on any atom is -0.480 e. The summed E-state index contributed by atoms with van der Waals surface area (Å²) in [5.41, 5.74) is 2.07. The number of nitrogens with one attached hydrogen (secondary N) is 1. The van der Waals surface area contributed by atoms with Gasteiger partial charge < -0.3 is 9.67 Å². The van der Waals surface area contributed by atoms with Crippen LogP contribution in [0.1, 0.15) is 44.6 Å². The van der Waals surface area contributed by atoms with Gasteiger partial charge in [-0.2, -0.15) is 0 Å². The standard InChI is InChI=1S/C13H21N3O2/c1-8(2)4-5-16-7-14-12-9(3)15-10(13(17)18)6-11(12)16/h7-10,15H,4-6H2,1-3H3,(H,17,18). The number of carboxylic acid groups (broad SMARTS) is 1. The second-order valence-electron chi connectivity index (χ2n) is 5.44. The topological polar surface area (TPSA) is 67.2 Å². The van der Waals surface area contributed by atoms with Gasteiger partial charge in [0.1, 0.15) is 6.04 Å². The maximum atomic E-state index is 11.1. The average Bonchev–Trinajstić information content (AvgIpc) is 2.69. The van der Waals surface area contributed by atoms with E-state index in [0.717, 1.165) is 24.4 Å². The molecular weight excluding hydrogens is 230 g/mol. The number of fused-ring (bicyclic) bond motifs is 1. The molecule has 2 atom stereocenters. The van der Waals surface area contributed by atoms with Gasteiger partial charge >= 0.3 is 5.97 Å². The summed E-state index contributed by atoms with van der Waals surface area (Å²) in [4.78, 5) is 15.5. The zero-order chi connectivity index (χ0) is 13.3. The Labute approximate surface area is 107 Å². The highest BCUT2D eigenvalue weighted by molar-refractivity contribution is 5.74. The second-order valence-corrected chi connectivity index (χ2v) is 5.44. The van der Waals surface area contributed by atoms with Crippen molar-refractivity contribution >= 4 is 5.97 Å². The molecule has 2 heterocycles. The van der Waals surface area contributed by atoms with Gasteiger partial charge in [0.25, 0.3) is 0 Å². The number of hydrogen-bond acceptors (Lipinski definition) is 3. The number of aromatic nitrogens is 2. The van der Waals surface area contributed by atoms with Crippen molar-refractivity contribution in [1.82, 2.24) is 14.9 Å². The van der Waals surface area contributed by atoms with E-state index in [4.69, 9.17) is 5.11 Å². The van der Waals surface area contributed by atoms with Crippen LogP contribution in [0.3, 0.4) is 0 Å². The Kier molecular flexibility index (Phi) is 3.71. The van der Waals surface area contributed by atoms with E-state index in [0.29, 0.717) is 12.3 Å². The molecule has 2 rings (SSSR count). The third-order valence-corrected chi connectivity index (χ3v) is 3.48. The van der Waals surface area contributed by atoms with E-state index >= 15 is 0 Å². The van der Waals surface area contributed by atoms with E-state index in [1.165, 1.54) is 0 Å². The molecule has 2 unspecified atom stereocenters. The van der Waals surface area contributed by atoms with Crippen molar-refractivity contribution in [1.29, 1.82) is 0 Å². The molecule has 0 aliphatic carbocycles. The van der Waals surface area contributed by atoms with Crippen molar-refractivity contribution in [3.63, 3.8) is 0 Å². The Morgan fingerprint density at radius 3 is 3.00 bits per heavy atom. The Bertz CT molecular complexity index is 439. The van der Waals surface area contributed by atoms with Crippen molar-refractivity contribution in [2.75, 3.05) is 0 Å². The molecule has 1 aliphatic rings. The summed E-state index contributed by atoms with van der Waals surface area (Å²) >= 11 is 0. The fourth-order valence-corrected chi connectivity index (χ4v) is 2.39. The van der Waals surface area contributed by atoms with Crippen LogP contribution in [0.5, 0.6) is 0 Å². The zero-order valence-corrected chi connectivity index (χ0v) is 11.2. The summed E-state index contributed by atoms with van der Waals surface area (Å²) < 4.78 is 2.11. The van der Waals surface area contributed by atoms with Crippen LogP contribution in [0.15, 0.2) is 6.33 Å². The molecule has 0 amide bonds. The van der Waals surface area contributed by atoms with Crippen molar-refractivity contribution in [3.8, 4) is 0 Å². The van der Waals surface area contributed by atoms with E-state index in [9.17, 15) is 4.79 Å². The molecule has 18 heavy (non-hydrogen) atoms. The largest absolute Gasteiger partial charge is 0.480 e. The molecule has 1 aromatic heterocycles. The van der Waals surface area contributed by atoms with Crippen LogP contribution in [-0.4, -0.2) is 26.7 Å². The first-order chi connectivity index (χ1) is 8.49. The molecule has 0 spiro atoms. The maximum Gasteiger partial charge on any atom is 0.321 e. The van der Waals surface area contributed by atoms with Crippen molar-refractivity contribution in [2.24, 2.45) is 5.92 Å². The average molecular weight is 251 g/mol. The summed E-state index contributed by atoms with van der Waals surface area (Å²) in [5, 5.41) is 12.2. The number of carboxylic acids is 1. The molecule has 0 saturated heterocycles. The number of hydrogen-bond donors (Lipinski definition) is 2. The Hall–Kier alpha value is -1.36.